The van der Waals surface area contributed by atoms with Crippen LogP contribution in [0.2, 0.25) is 0 Å². The lowest BCUT2D eigenvalue weighted by molar-refractivity contribution is -0.138. The summed E-state index contributed by atoms with van der Waals surface area (Å²) < 4.78 is 38.3. The summed E-state index contributed by atoms with van der Waals surface area (Å²) in [6.07, 6.45) is -4.68. The van der Waals surface area contributed by atoms with Crippen molar-refractivity contribution in [3.8, 4) is 0 Å². The van der Waals surface area contributed by atoms with Crippen LogP contribution < -0.4 is 0 Å². The van der Waals surface area contributed by atoms with Crippen LogP contribution in [0, 0.1) is 0 Å². The Morgan fingerprint density at radius 3 is 2.17 bits per heavy atom. The second-order valence-corrected chi connectivity index (χ2v) is 5.60. The molecule has 0 aliphatic heterocycles. The second-order valence-electron chi connectivity index (χ2n) is 4.68. The molecule has 18 heavy (non-hydrogen) atoms. The highest BCUT2D eigenvalue weighted by molar-refractivity contribution is 9.10. The molecule has 0 amide bonds. The van der Waals surface area contributed by atoms with Crippen molar-refractivity contribution in [2.24, 2.45) is 0 Å². The summed E-state index contributed by atoms with van der Waals surface area (Å²) in [6.45, 7) is 3.20. The Kier molecular flexibility index (Phi) is 4.10. The van der Waals surface area contributed by atoms with Crippen LogP contribution in [0.15, 0.2) is 22.7 Å². The molecule has 100 valence electrons. The van der Waals surface area contributed by atoms with Gasteiger partial charge in [0.1, 0.15) is 0 Å². The Hall–Kier alpha value is -1.04. The van der Waals surface area contributed by atoms with Crippen molar-refractivity contribution in [1.82, 2.24) is 0 Å². The van der Waals surface area contributed by atoms with Gasteiger partial charge in [-0.1, -0.05) is 29.8 Å². The van der Waals surface area contributed by atoms with Gasteiger partial charge in [-0.05, 0) is 23.8 Å². The van der Waals surface area contributed by atoms with Gasteiger partial charge in [0.15, 0.2) is 0 Å². The van der Waals surface area contributed by atoms with Gasteiger partial charge in [-0.3, -0.25) is 4.79 Å². The lowest BCUT2D eigenvalue weighted by Crippen LogP contribution is -2.22. The van der Waals surface area contributed by atoms with Crippen LogP contribution in [0.4, 0.5) is 13.2 Å². The predicted octanol–water partition coefficient (Wildman–Crippen LogP) is 4.22. The number of halogens is 4. The summed E-state index contributed by atoms with van der Waals surface area (Å²) >= 11 is 3.02. The first-order valence-corrected chi connectivity index (χ1v) is 5.92. The van der Waals surface area contributed by atoms with Crippen LogP contribution in [-0.2, 0) is 16.4 Å². The van der Waals surface area contributed by atoms with E-state index in [4.69, 9.17) is 5.11 Å². The Balaban J connectivity index is 3.25. The topological polar surface area (TPSA) is 37.3 Å². The monoisotopic (exact) mass is 324 g/mol. The highest BCUT2D eigenvalue weighted by Gasteiger charge is 2.33. The number of carbonyl (C=O) groups is 1. The summed E-state index contributed by atoms with van der Waals surface area (Å²) in [5.41, 5.74) is -1.31. The third kappa shape index (κ3) is 3.73. The minimum atomic E-state index is -4.45. The zero-order chi connectivity index (χ0) is 14.1. The zero-order valence-corrected chi connectivity index (χ0v) is 11.4. The molecule has 1 rings (SSSR count). The molecule has 2 nitrogen and oxygen atoms in total. The van der Waals surface area contributed by atoms with Gasteiger partial charge < -0.3 is 5.11 Å². The molecular formula is C12H12BrF3O2. The molecule has 0 saturated heterocycles. The van der Waals surface area contributed by atoms with Gasteiger partial charge in [0.2, 0.25) is 0 Å². The average molecular weight is 325 g/mol. The quantitative estimate of drug-likeness (QED) is 0.903. The molecule has 0 saturated carbocycles. The Morgan fingerprint density at radius 2 is 1.72 bits per heavy atom. The van der Waals surface area contributed by atoms with E-state index in [0.717, 1.165) is 12.1 Å². The van der Waals surface area contributed by atoms with Gasteiger partial charge >= 0.3 is 12.1 Å². The van der Waals surface area contributed by atoms with Gasteiger partial charge in [-0.15, -0.1) is 0 Å². The molecule has 0 aliphatic carbocycles. The summed E-state index contributed by atoms with van der Waals surface area (Å²) in [7, 11) is 0. The second kappa shape index (κ2) is 4.91. The highest BCUT2D eigenvalue weighted by atomic mass is 79.9. The normalized spacial score (nSPS) is 12.6. The summed E-state index contributed by atoms with van der Waals surface area (Å²) in [5, 5.41) is 8.77. The van der Waals surface area contributed by atoms with Crippen LogP contribution in [0.25, 0.3) is 0 Å². The largest absolute Gasteiger partial charge is 0.481 e. The molecule has 0 unspecified atom stereocenters. The number of aliphatic carboxylic acids is 1. The first kappa shape index (κ1) is 15.0. The number of rotatable bonds is 3. The number of hydrogen-bond donors (Lipinski definition) is 1. The third-order valence-electron chi connectivity index (χ3n) is 2.60. The smallest absolute Gasteiger partial charge is 0.416 e. The SMILES string of the molecule is CC(C)(CC(=O)O)c1cc(Br)cc(C(F)(F)F)c1. The van der Waals surface area contributed by atoms with Crippen LogP contribution in [-0.4, -0.2) is 11.1 Å². The molecule has 0 aliphatic rings. The molecule has 1 N–H and O–H groups in total. The average Bonchev–Trinajstić information content (AvgIpc) is 2.13. The first-order chi connectivity index (χ1) is 8.02. The molecule has 0 heterocycles. The van der Waals surface area contributed by atoms with Crippen molar-refractivity contribution >= 4 is 21.9 Å². The minimum Gasteiger partial charge on any atom is -0.481 e. The molecule has 0 fully saturated rings. The fraction of sp³-hybridized carbons (Fsp3) is 0.417. The van der Waals surface area contributed by atoms with Gasteiger partial charge in [-0.25, -0.2) is 0 Å². The lowest BCUT2D eigenvalue weighted by Gasteiger charge is -2.24. The van der Waals surface area contributed by atoms with Crippen molar-refractivity contribution in [2.45, 2.75) is 31.9 Å². The van der Waals surface area contributed by atoms with Crippen molar-refractivity contribution in [3.63, 3.8) is 0 Å². The standard InChI is InChI=1S/C12H12BrF3O2/c1-11(2,6-10(17)18)7-3-8(12(14,15)16)5-9(13)4-7/h3-5H,6H2,1-2H3,(H,17,18). The molecule has 1 aromatic rings. The number of carboxylic acids is 1. The van der Waals surface area contributed by atoms with Crippen LogP contribution in [0.1, 0.15) is 31.4 Å². The maximum absolute atomic E-state index is 12.7. The number of hydrogen-bond acceptors (Lipinski definition) is 1. The first-order valence-electron chi connectivity index (χ1n) is 5.12. The van der Waals surface area contributed by atoms with E-state index in [1.165, 1.54) is 6.07 Å². The van der Waals surface area contributed by atoms with E-state index < -0.39 is 23.1 Å². The van der Waals surface area contributed by atoms with Crippen molar-refractivity contribution in [2.75, 3.05) is 0 Å². The summed E-state index contributed by atoms with van der Waals surface area (Å²) in [6, 6.07) is 3.48. The molecule has 0 spiro atoms. The molecule has 0 bridgehead atoms. The fourth-order valence-corrected chi connectivity index (χ4v) is 2.12. The lowest BCUT2D eigenvalue weighted by atomic mass is 9.81. The van der Waals surface area contributed by atoms with Crippen molar-refractivity contribution in [3.05, 3.63) is 33.8 Å². The van der Waals surface area contributed by atoms with Gasteiger partial charge in [-0.2, -0.15) is 13.2 Å². The van der Waals surface area contributed by atoms with E-state index in [0.29, 0.717) is 5.56 Å². The molecule has 0 radical (unpaired) electrons. The maximum atomic E-state index is 12.7. The molecule has 0 atom stereocenters. The Labute approximate surface area is 111 Å². The number of benzene rings is 1. The molecule has 1 aromatic carbocycles. The molecule has 0 aromatic heterocycles. The van der Waals surface area contributed by atoms with Crippen molar-refractivity contribution in [1.29, 1.82) is 0 Å². The van der Waals surface area contributed by atoms with Crippen LogP contribution >= 0.6 is 15.9 Å². The van der Waals surface area contributed by atoms with E-state index in [-0.39, 0.29) is 10.9 Å². The van der Waals surface area contributed by atoms with Crippen LogP contribution in [0.5, 0.6) is 0 Å². The highest BCUT2D eigenvalue weighted by Crippen LogP contribution is 2.36. The van der Waals surface area contributed by atoms with E-state index in [1.807, 2.05) is 0 Å². The zero-order valence-electron chi connectivity index (χ0n) is 9.81. The van der Waals surface area contributed by atoms with E-state index in [2.05, 4.69) is 15.9 Å². The van der Waals surface area contributed by atoms with Gasteiger partial charge in [0.05, 0.1) is 12.0 Å². The van der Waals surface area contributed by atoms with Gasteiger partial charge in [0.25, 0.3) is 0 Å². The van der Waals surface area contributed by atoms with Crippen LogP contribution in [0.3, 0.4) is 0 Å². The number of carboxylic acid groups (broad SMARTS) is 1. The maximum Gasteiger partial charge on any atom is 0.416 e. The molecular weight excluding hydrogens is 313 g/mol. The summed E-state index contributed by atoms with van der Waals surface area (Å²) in [5.74, 6) is -1.05. The molecule has 6 heteroatoms. The predicted molar refractivity (Wildman–Crippen MR) is 64.4 cm³/mol. The van der Waals surface area contributed by atoms with Gasteiger partial charge in [0, 0.05) is 9.89 Å². The summed E-state index contributed by atoms with van der Waals surface area (Å²) in [4.78, 5) is 10.7. The minimum absolute atomic E-state index is 0.235. The Morgan fingerprint density at radius 1 is 1.22 bits per heavy atom. The third-order valence-corrected chi connectivity index (χ3v) is 3.06. The fourth-order valence-electron chi connectivity index (χ4n) is 1.62. The van der Waals surface area contributed by atoms with E-state index in [1.54, 1.807) is 13.8 Å². The number of alkyl halides is 3. The van der Waals surface area contributed by atoms with Crippen molar-refractivity contribution < 1.29 is 23.1 Å². The Bertz CT molecular complexity index is 467. The van der Waals surface area contributed by atoms with E-state index >= 15 is 0 Å². The van der Waals surface area contributed by atoms with E-state index in [9.17, 15) is 18.0 Å².